The number of hydrogen-bond acceptors (Lipinski definition) is 6. The number of fused-ring (bicyclic) bond motifs is 1. The summed E-state index contributed by atoms with van der Waals surface area (Å²) in [7, 11) is 0. The topological polar surface area (TPSA) is 135 Å². The number of rotatable bonds is 10. The summed E-state index contributed by atoms with van der Waals surface area (Å²) >= 11 is 0. The third-order valence-corrected chi connectivity index (χ3v) is 4.69. The maximum atomic E-state index is 12.7. The Balaban J connectivity index is 1.74. The van der Waals surface area contributed by atoms with Crippen molar-refractivity contribution in [2.45, 2.75) is 32.0 Å². The highest BCUT2D eigenvalue weighted by Crippen LogP contribution is 2.21. The van der Waals surface area contributed by atoms with E-state index in [4.69, 9.17) is 10.2 Å². The molecule has 2 amide bonds. The fraction of sp³-hybridized carbons (Fsp3) is 0.227. The van der Waals surface area contributed by atoms with E-state index in [9.17, 15) is 19.5 Å². The molecule has 2 aromatic carbocycles. The van der Waals surface area contributed by atoms with E-state index < -0.39 is 17.9 Å². The number of amides is 2. The van der Waals surface area contributed by atoms with Gasteiger partial charge < -0.3 is 30.7 Å². The lowest BCUT2D eigenvalue weighted by Crippen LogP contribution is -2.44. The van der Waals surface area contributed by atoms with Gasteiger partial charge >= 0.3 is 0 Å². The summed E-state index contributed by atoms with van der Waals surface area (Å²) in [5, 5.41) is 16.3. The van der Waals surface area contributed by atoms with E-state index in [1.807, 2.05) is 30.3 Å². The Kier molecular flexibility index (Phi) is 6.82. The van der Waals surface area contributed by atoms with Crippen LogP contribution in [0.3, 0.4) is 0 Å². The zero-order chi connectivity index (χ0) is 21.5. The minimum absolute atomic E-state index is 0.0971. The fourth-order valence-electron chi connectivity index (χ4n) is 3.11. The molecule has 156 valence electrons. The summed E-state index contributed by atoms with van der Waals surface area (Å²) in [6.45, 7) is 0.0552. The van der Waals surface area contributed by atoms with Crippen LogP contribution in [0.2, 0.25) is 0 Å². The highest BCUT2D eigenvalue weighted by molar-refractivity contribution is 5.99. The zero-order valence-electron chi connectivity index (χ0n) is 16.3. The molecule has 0 aliphatic rings. The van der Waals surface area contributed by atoms with Gasteiger partial charge in [-0.25, -0.2) is 0 Å². The van der Waals surface area contributed by atoms with Crippen LogP contribution < -0.4 is 16.4 Å². The van der Waals surface area contributed by atoms with E-state index >= 15 is 0 Å². The first-order valence-corrected chi connectivity index (χ1v) is 9.50. The Morgan fingerprint density at radius 1 is 1.17 bits per heavy atom. The van der Waals surface area contributed by atoms with Gasteiger partial charge in [-0.3, -0.25) is 9.59 Å². The van der Waals surface area contributed by atoms with Gasteiger partial charge in [0.05, 0.1) is 13.2 Å². The van der Waals surface area contributed by atoms with Gasteiger partial charge in [-0.15, -0.1) is 0 Å². The molecule has 0 aliphatic heterocycles. The van der Waals surface area contributed by atoms with Crippen molar-refractivity contribution in [1.29, 1.82) is 0 Å². The molecule has 3 aromatic rings. The fourth-order valence-corrected chi connectivity index (χ4v) is 3.11. The number of aliphatic hydroxyl groups is 1. The number of hydrogen-bond donors (Lipinski definition) is 4. The van der Waals surface area contributed by atoms with Gasteiger partial charge in [0.15, 0.2) is 0 Å². The summed E-state index contributed by atoms with van der Waals surface area (Å²) in [5.41, 5.74) is 7.35. The predicted octanol–water partition coefficient (Wildman–Crippen LogP) is 2.10. The van der Waals surface area contributed by atoms with Crippen LogP contribution in [0.25, 0.3) is 11.0 Å². The molecule has 30 heavy (non-hydrogen) atoms. The van der Waals surface area contributed by atoms with Crippen molar-refractivity contribution in [3.63, 3.8) is 0 Å². The number of benzene rings is 2. The molecule has 8 nitrogen and oxygen atoms in total. The van der Waals surface area contributed by atoms with E-state index in [0.717, 1.165) is 16.7 Å². The minimum Gasteiger partial charge on any atom is -0.459 e. The maximum Gasteiger partial charge on any atom is 0.252 e. The number of nitrogens with two attached hydrogens (primary N) is 1. The molecule has 1 heterocycles. The lowest BCUT2D eigenvalue weighted by Gasteiger charge is -2.16. The molecule has 8 heteroatoms. The molecule has 1 unspecified atom stereocenters. The Morgan fingerprint density at radius 2 is 1.97 bits per heavy atom. The largest absolute Gasteiger partial charge is 0.459 e. The third-order valence-electron chi connectivity index (χ3n) is 4.69. The lowest BCUT2D eigenvalue weighted by molar-refractivity contribution is -0.120. The molecule has 5 N–H and O–H groups in total. The van der Waals surface area contributed by atoms with Gasteiger partial charge in [-0.05, 0) is 36.2 Å². The summed E-state index contributed by atoms with van der Waals surface area (Å²) in [5.74, 6) is -0.549. The van der Waals surface area contributed by atoms with Crippen molar-refractivity contribution in [2.24, 2.45) is 5.73 Å². The average molecular weight is 409 g/mol. The van der Waals surface area contributed by atoms with Crippen molar-refractivity contribution in [3.05, 3.63) is 65.4 Å². The number of anilines is 1. The van der Waals surface area contributed by atoms with Gasteiger partial charge in [0.1, 0.15) is 23.7 Å². The second-order valence-corrected chi connectivity index (χ2v) is 6.81. The number of nitrogens with one attached hydrogen (secondary N) is 2. The van der Waals surface area contributed by atoms with E-state index in [1.165, 1.54) is 0 Å². The highest BCUT2D eigenvalue weighted by atomic mass is 16.3. The number of carbonyl (C=O) groups excluding carboxylic acids is 3. The Morgan fingerprint density at radius 3 is 2.67 bits per heavy atom. The maximum absolute atomic E-state index is 12.7. The molecule has 1 atom stereocenters. The van der Waals surface area contributed by atoms with Crippen LogP contribution in [0.5, 0.6) is 0 Å². The second-order valence-electron chi connectivity index (χ2n) is 6.81. The first-order valence-electron chi connectivity index (χ1n) is 9.50. The summed E-state index contributed by atoms with van der Waals surface area (Å²) in [6, 6.07) is 13.6. The first kappa shape index (κ1) is 21.1. The number of aliphatic hydroxyl groups excluding tert-OH is 1. The van der Waals surface area contributed by atoms with Gasteiger partial charge in [0.2, 0.25) is 5.91 Å². The van der Waals surface area contributed by atoms with Gasteiger partial charge in [-0.2, -0.15) is 0 Å². The van der Waals surface area contributed by atoms with Crippen LogP contribution in [-0.4, -0.2) is 29.2 Å². The molecule has 0 fully saturated rings. The van der Waals surface area contributed by atoms with Crippen molar-refractivity contribution in [2.75, 3.05) is 5.32 Å². The highest BCUT2D eigenvalue weighted by Gasteiger charge is 2.20. The molecule has 0 radical (unpaired) electrons. The van der Waals surface area contributed by atoms with E-state index in [2.05, 4.69) is 10.6 Å². The normalized spacial score (nSPS) is 11.8. The van der Waals surface area contributed by atoms with Crippen molar-refractivity contribution in [3.8, 4) is 0 Å². The van der Waals surface area contributed by atoms with Crippen molar-refractivity contribution < 1.29 is 23.9 Å². The minimum atomic E-state index is -0.971. The van der Waals surface area contributed by atoms with E-state index in [1.54, 1.807) is 18.2 Å². The quantitative estimate of drug-likeness (QED) is 0.379. The van der Waals surface area contributed by atoms with Gasteiger partial charge in [0.25, 0.3) is 5.91 Å². The lowest BCUT2D eigenvalue weighted by atomic mass is 10.0. The average Bonchev–Trinajstić information content (AvgIpc) is 3.17. The number of para-hydroxylation sites is 1. The SMILES string of the molecule is NC(=O)C(CCC=O)NC(=O)c1cc(NCc2cc3ccccc3o2)ccc1CO. The zero-order valence-corrected chi connectivity index (χ0v) is 16.3. The monoisotopic (exact) mass is 409 g/mol. The molecular weight excluding hydrogens is 386 g/mol. The van der Waals surface area contributed by atoms with Crippen LogP contribution in [0.15, 0.2) is 52.9 Å². The number of aldehydes is 1. The second kappa shape index (κ2) is 9.71. The third kappa shape index (κ3) is 5.03. The molecule has 0 saturated heterocycles. The van der Waals surface area contributed by atoms with Crippen LogP contribution in [-0.2, 0) is 22.7 Å². The van der Waals surface area contributed by atoms with E-state index in [0.29, 0.717) is 24.1 Å². The number of carbonyl (C=O) groups is 3. The van der Waals surface area contributed by atoms with Crippen LogP contribution in [0.1, 0.15) is 34.5 Å². The Hall–Kier alpha value is -3.65. The number of furan rings is 1. The molecule has 0 saturated carbocycles. The predicted molar refractivity (Wildman–Crippen MR) is 112 cm³/mol. The smallest absolute Gasteiger partial charge is 0.252 e. The summed E-state index contributed by atoms with van der Waals surface area (Å²) in [4.78, 5) is 34.8. The first-order chi connectivity index (χ1) is 14.5. The summed E-state index contributed by atoms with van der Waals surface area (Å²) < 4.78 is 5.77. The molecule has 1 aromatic heterocycles. The standard InChI is InChI=1S/C22H23N3O5/c23-21(28)19(5-3-9-26)25-22(29)18-11-16(8-7-15(18)13-27)24-12-17-10-14-4-1-2-6-20(14)30-17/h1-2,4,6-11,19,24,27H,3,5,12-13H2,(H2,23,28)(H,25,29). The molecule has 0 aliphatic carbocycles. The Bertz CT molecular complexity index is 1030. The molecule has 0 spiro atoms. The van der Waals surface area contributed by atoms with Crippen LogP contribution in [0.4, 0.5) is 5.69 Å². The van der Waals surface area contributed by atoms with Crippen LogP contribution in [0, 0.1) is 0 Å². The van der Waals surface area contributed by atoms with Crippen molar-refractivity contribution in [1.82, 2.24) is 5.32 Å². The molecule has 0 bridgehead atoms. The van der Waals surface area contributed by atoms with Crippen molar-refractivity contribution >= 4 is 34.8 Å². The van der Waals surface area contributed by atoms with Crippen LogP contribution >= 0.6 is 0 Å². The Labute approximate surface area is 173 Å². The van der Waals surface area contributed by atoms with Gasteiger partial charge in [-0.1, -0.05) is 24.3 Å². The number of primary amides is 1. The van der Waals surface area contributed by atoms with Gasteiger partial charge in [0, 0.05) is 23.1 Å². The van der Waals surface area contributed by atoms with E-state index in [-0.39, 0.29) is 25.0 Å². The molecule has 3 rings (SSSR count). The molecular formula is C22H23N3O5. The summed E-state index contributed by atoms with van der Waals surface area (Å²) in [6.07, 6.45) is 0.868.